The number of hydrogen-bond donors (Lipinski definition) is 0. The Morgan fingerprint density at radius 1 is 0.650 bits per heavy atom. The molecule has 0 aliphatic rings. The first-order valence-corrected chi connectivity index (χ1v) is 29.1. The van der Waals surface area contributed by atoms with Crippen molar-refractivity contribution in [3.05, 3.63) is 24.3 Å². The Hall–Kier alpha value is 2.09. The normalized spacial score (nSPS) is 12.1. The van der Waals surface area contributed by atoms with Crippen LogP contribution in [0.4, 0.5) is 0 Å². The van der Waals surface area contributed by atoms with Gasteiger partial charge >= 0.3 is 0 Å². The van der Waals surface area contributed by atoms with Crippen LogP contribution in [0.3, 0.4) is 0 Å². The summed E-state index contributed by atoms with van der Waals surface area (Å²) >= 11 is 1.78. The van der Waals surface area contributed by atoms with E-state index in [1.807, 2.05) is 67.0 Å². The number of benzene rings is 1. The van der Waals surface area contributed by atoms with Crippen molar-refractivity contribution in [2.24, 2.45) is 0 Å². The monoisotopic (exact) mass is 731 g/mol. The van der Waals surface area contributed by atoms with E-state index in [9.17, 15) is 0 Å². The highest BCUT2D eigenvalue weighted by atomic mass is 34.0. The molecule has 0 N–H and O–H groups in total. The fourth-order valence-electron chi connectivity index (χ4n) is 4.32. The number of aromatic nitrogens is 1. The van der Waals surface area contributed by atoms with Gasteiger partial charge in [0, 0.05) is 12.9 Å². The highest BCUT2D eigenvalue weighted by Crippen LogP contribution is 2.58. The quantitative estimate of drug-likeness (QED) is 0.0477. The van der Waals surface area contributed by atoms with E-state index in [0.717, 1.165) is 9.86 Å². The van der Waals surface area contributed by atoms with Gasteiger partial charge in [-0.3, -0.25) is 0 Å². The highest BCUT2D eigenvalue weighted by molar-refractivity contribution is 9.48. The van der Waals surface area contributed by atoms with Crippen molar-refractivity contribution in [1.29, 1.82) is 0 Å². The van der Waals surface area contributed by atoms with Crippen LogP contribution < -0.4 is 0 Å². The summed E-state index contributed by atoms with van der Waals surface area (Å²) in [5, 5.41) is 0. The lowest BCUT2D eigenvalue weighted by atomic mass is 10.0. The molecular weight excluding hydrogens is 683 g/mol. The lowest BCUT2D eigenvalue weighted by Gasteiger charge is -2.19. The van der Waals surface area contributed by atoms with Crippen LogP contribution in [0.5, 0.6) is 0 Å². The van der Waals surface area contributed by atoms with Crippen LogP contribution in [0, 0.1) is 0 Å². The summed E-state index contributed by atoms with van der Waals surface area (Å²) in [5.41, 5.74) is 1.11. The molecule has 0 unspecified atom stereocenters. The lowest BCUT2D eigenvalue weighted by Crippen LogP contribution is -2.27. The number of rotatable bonds is 28. The second-order valence-corrected chi connectivity index (χ2v) is 29.4. The number of para-hydroxylation sites is 1. The molecular formula is C28H49NOS9Si. The zero-order valence-electron chi connectivity index (χ0n) is 24.6. The van der Waals surface area contributed by atoms with Gasteiger partial charge in [-0.15, -0.1) is 11.3 Å². The van der Waals surface area contributed by atoms with E-state index >= 15 is 0 Å². The Labute approximate surface area is 280 Å². The third-order valence-corrected chi connectivity index (χ3v) is 26.1. The Kier molecular flexibility index (Phi) is 25.2. The van der Waals surface area contributed by atoms with E-state index in [4.69, 9.17) is 4.43 Å². The molecule has 1 aromatic carbocycles. The van der Waals surface area contributed by atoms with Crippen molar-refractivity contribution >= 4 is 110 Å². The van der Waals surface area contributed by atoms with Gasteiger partial charge < -0.3 is 4.43 Å². The third-order valence-electron chi connectivity index (χ3n) is 6.88. The molecule has 0 spiro atoms. The van der Waals surface area contributed by atoms with Crippen molar-refractivity contribution < 1.29 is 4.43 Å². The van der Waals surface area contributed by atoms with Crippen LogP contribution in [-0.4, -0.2) is 26.2 Å². The molecule has 0 fully saturated rings. The molecule has 40 heavy (non-hydrogen) atoms. The summed E-state index contributed by atoms with van der Waals surface area (Å²) in [6, 6.07) is 9.69. The zero-order chi connectivity index (χ0) is 28.6. The first kappa shape index (κ1) is 38.3. The Balaban J connectivity index is 1.20. The fraction of sp³-hybridized carbons (Fsp3) is 0.750. The molecule has 2 nitrogen and oxygen atoms in total. The van der Waals surface area contributed by atoms with Crippen LogP contribution in [0.2, 0.25) is 19.1 Å². The standard InChI is InChI=1S/C28H49NOS9Si/c1-30-40(2,3)25-21-17-15-13-11-9-7-5-4-6-8-10-12-14-16-20-24-31-34-36-38-39-37-35-33-28-29-26-22-18-19-23-27(26)32-28/h18-19,22-23H,4-17,20-21,24-25H2,1-3H3. The van der Waals surface area contributed by atoms with Crippen LogP contribution in [-0.2, 0) is 4.43 Å². The molecule has 0 saturated carbocycles. The maximum atomic E-state index is 5.64. The third kappa shape index (κ3) is 20.9. The van der Waals surface area contributed by atoms with Gasteiger partial charge in [-0.05, 0) is 107 Å². The van der Waals surface area contributed by atoms with Crippen molar-refractivity contribution in [1.82, 2.24) is 4.98 Å². The summed E-state index contributed by atoms with van der Waals surface area (Å²) in [4.78, 5) is 4.67. The van der Waals surface area contributed by atoms with Gasteiger partial charge in [-0.2, -0.15) is 0 Å². The minimum Gasteiger partial charge on any atom is -0.420 e. The van der Waals surface area contributed by atoms with Gasteiger partial charge in [-0.25, -0.2) is 4.98 Å². The predicted molar refractivity (Wildman–Crippen MR) is 207 cm³/mol. The number of hydrogen-bond acceptors (Lipinski definition) is 11. The number of thiazole rings is 1. The summed E-state index contributed by atoms with van der Waals surface area (Å²) in [7, 11) is 15.5. The molecule has 0 aliphatic carbocycles. The number of nitrogens with zero attached hydrogens (tertiary/aromatic N) is 1. The van der Waals surface area contributed by atoms with Crippen LogP contribution in [0.15, 0.2) is 28.6 Å². The van der Waals surface area contributed by atoms with E-state index in [0.29, 0.717) is 0 Å². The molecule has 0 atom stereocenters. The van der Waals surface area contributed by atoms with Crippen LogP contribution in [0.1, 0.15) is 103 Å². The van der Waals surface area contributed by atoms with Crippen LogP contribution in [0.25, 0.3) is 10.2 Å². The van der Waals surface area contributed by atoms with Gasteiger partial charge in [-0.1, -0.05) is 119 Å². The second kappa shape index (κ2) is 26.3. The highest BCUT2D eigenvalue weighted by Gasteiger charge is 2.19. The van der Waals surface area contributed by atoms with E-state index in [1.165, 1.54) is 119 Å². The molecule has 0 amide bonds. The number of unbranched alkanes of at least 4 members (excludes halogenated alkanes) is 15. The summed E-state index contributed by atoms with van der Waals surface area (Å²) < 4.78 is 8.05. The van der Waals surface area contributed by atoms with Gasteiger partial charge in [0.1, 0.15) is 0 Å². The van der Waals surface area contributed by atoms with Gasteiger partial charge in [0.05, 0.1) is 10.2 Å². The van der Waals surface area contributed by atoms with Crippen LogP contribution >= 0.6 is 91.9 Å². The molecule has 2 aromatic rings. The average molecular weight is 732 g/mol. The molecule has 1 aromatic heterocycles. The molecule has 12 heteroatoms. The minimum atomic E-state index is -1.31. The maximum absolute atomic E-state index is 5.64. The summed E-state index contributed by atoms with van der Waals surface area (Å²) in [6.07, 6.45) is 22.9. The smallest absolute Gasteiger partial charge is 0.186 e. The van der Waals surface area contributed by atoms with Crippen molar-refractivity contribution in [3.63, 3.8) is 0 Å². The van der Waals surface area contributed by atoms with E-state index in [2.05, 4.69) is 42.3 Å². The van der Waals surface area contributed by atoms with Gasteiger partial charge in [0.15, 0.2) is 12.7 Å². The summed E-state index contributed by atoms with van der Waals surface area (Å²) in [5.74, 6) is 1.28. The van der Waals surface area contributed by atoms with Crippen molar-refractivity contribution in [2.45, 2.75) is 126 Å². The van der Waals surface area contributed by atoms with Crippen molar-refractivity contribution in [2.75, 3.05) is 12.9 Å². The molecule has 0 saturated heterocycles. The Morgan fingerprint density at radius 2 is 1.15 bits per heavy atom. The molecule has 1 heterocycles. The lowest BCUT2D eigenvalue weighted by molar-refractivity contribution is 0.400. The minimum absolute atomic E-state index is 1.11. The van der Waals surface area contributed by atoms with Gasteiger partial charge in [0.2, 0.25) is 0 Å². The maximum Gasteiger partial charge on any atom is 0.186 e. The first-order chi connectivity index (χ1) is 19.6. The fourth-order valence-corrected chi connectivity index (χ4v) is 24.0. The first-order valence-electron chi connectivity index (χ1n) is 14.8. The summed E-state index contributed by atoms with van der Waals surface area (Å²) in [6.45, 7) is 4.67. The number of fused-ring (bicyclic) bond motifs is 1. The van der Waals surface area contributed by atoms with Crippen molar-refractivity contribution in [3.8, 4) is 0 Å². The molecule has 0 radical (unpaired) electrons. The van der Waals surface area contributed by atoms with E-state index in [1.54, 1.807) is 32.0 Å². The molecule has 230 valence electrons. The average Bonchev–Trinajstić information content (AvgIpc) is 3.38. The zero-order valence-corrected chi connectivity index (χ0v) is 32.9. The molecule has 0 bridgehead atoms. The Morgan fingerprint density at radius 3 is 1.73 bits per heavy atom. The van der Waals surface area contributed by atoms with E-state index < -0.39 is 8.32 Å². The predicted octanol–water partition coefficient (Wildman–Crippen LogP) is 15.0. The molecule has 2 rings (SSSR count). The van der Waals surface area contributed by atoms with Gasteiger partial charge in [0.25, 0.3) is 0 Å². The Bertz CT molecular complexity index is 825. The van der Waals surface area contributed by atoms with E-state index in [-0.39, 0.29) is 0 Å². The topological polar surface area (TPSA) is 22.1 Å². The SMILES string of the molecule is CO[Si](C)(C)CCCCCCCCCCCCCCCCCCSSSSSSSSc1nc2ccccc2s1. The second-order valence-electron chi connectivity index (χ2n) is 10.6. The molecule has 0 aliphatic heterocycles. The largest absolute Gasteiger partial charge is 0.420 e.